The maximum atomic E-state index is 14.6. The third kappa shape index (κ3) is 5.21. The molecule has 0 amide bonds. The summed E-state index contributed by atoms with van der Waals surface area (Å²) >= 11 is 0. The molecule has 0 unspecified atom stereocenters. The molecule has 0 atom stereocenters. The fourth-order valence-corrected chi connectivity index (χ4v) is 3.50. The van der Waals surface area contributed by atoms with Crippen molar-refractivity contribution in [2.75, 3.05) is 7.11 Å². The van der Waals surface area contributed by atoms with Crippen molar-refractivity contribution in [3.8, 4) is 11.5 Å². The normalized spacial score (nSPS) is 12.2. The van der Waals surface area contributed by atoms with Crippen LogP contribution < -0.4 is 9.47 Å². The summed E-state index contributed by atoms with van der Waals surface area (Å²) in [5.41, 5.74) is -0.150. The largest absolute Gasteiger partial charge is 0.497 e. The molecule has 0 aromatic heterocycles. The molecule has 0 heterocycles. The number of carbonyl (C=O) groups excluding carboxylic acids is 2. The summed E-state index contributed by atoms with van der Waals surface area (Å²) in [7, 11) is 1.58. The zero-order valence-electron chi connectivity index (χ0n) is 19.6. The number of esters is 1. The highest BCUT2D eigenvalue weighted by molar-refractivity contribution is 5.85. The molecule has 4 nitrogen and oxygen atoms in total. The Labute approximate surface area is 200 Å². The SMILES string of the molecule is COc1ccc(C(C)(C)c2ccc(OC(=O)C(F)(F)c3ccc(C(F)(F)C(C)=O)cc3)cc2)cc1. The van der Waals surface area contributed by atoms with Gasteiger partial charge in [-0.05, 0) is 35.4 Å². The minimum atomic E-state index is -4.09. The van der Waals surface area contributed by atoms with E-state index in [2.05, 4.69) is 0 Å². The minimum Gasteiger partial charge on any atom is -0.497 e. The second kappa shape index (κ2) is 9.52. The molecule has 3 aromatic carbocycles. The second-order valence-electron chi connectivity index (χ2n) is 8.55. The number of ketones is 1. The smallest absolute Gasteiger partial charge is 0.387 e. The van der Waals surface area contributed by atoms with Gasteiger partial charge < -0.3 is 9.47 Å². The van der Waals surface area contributed by atoms with Gasteiger partial charge in [0.25, 0.3) is 0 Å². The molecule has 3 aromatic rings. The lowest BCUT2D eigenvalue weighted by molar-refractivity contribution is -0.163. The van der Waals surface area contributed by atoms with Crippen LogP contribution in [0.25, 0.3) is 0 Å². The molecule has 3 rings (SSSR count). The number of alkyl halides is 4. The molecular weight excluding hydrogens is 464 g/mol. The molecular formula is C27H24F4O4. The third-order valence-corrected chi connectivity index (χ3v) is 5.91. The first-order valence-corrected chi connectivity index (χ1v) is 10.6. The first-order valence-electron chi connectivity index (χ1n) is 10.6. The summed E-state index contributed by atoms with van der Waals surface area (Å²) in [4.78, 5) is 23.3. The lowest BCUT2D eigenvalue weighted by Crippen LogP contribution is -2.31. The van der Waals surface area contributed by atoms with E-state index in [4.69, 9.17) is 9.47 Å². The fourth-order valence-electron chi connectivity index (χ4n) is 3.50. The van der Waals surface area contributed by atoms with E-state index in [1.54, 1.807) is 19.2 Å². The van der Waals surface area contributed by atoms with E-state index >= 15 is 0 Å². The summed E-state index contributed by atoms with van der Waals surface area (Å²) in [6, 6.07) is 16.4. The average Bonchev–Trinajstić information content (AvgIpc) is 2.84. The van der Waals surface area contributed by atoms with Gasteiger partial charge in [-0.15, -0.1) is 0 Å². The van der Waals surface area contributed by atoms with Crippen LogP contribution in [0.5, 0.6) is 11.5 Å². The van der Waals surface area contributed by atoms with Gasteiger partial charge in [0, 0.05) is 23.5 Å². The minimum absolute atomic E-state index is 0.0938. The lowest BCUT2D eigenvalue weighted by atomic mass is 9.78. The Kier molecular flexibility index (Phi) is 7.06. The number of hydrogen-bond acceptors (Lipinski definition) is 4. The van der Waals surface area contributed by atoms with E-state index < -0.39 is 40.1 Å². The van der Waals surface area contributed by atoms with E-state index in [9.17, 15) is 27.2 Å². The number of methoxy groups -OCH3 is 1. The van der Waals surface area contributed by atoms with E-state index in [1.807, 2.05) is 38.1 Å². The number of benzene rings is 3. The van der Waals surface area contributed by atoms with E-state index in [-0.39, 0.29) is 5.75 Å². The summed E-state index contributed by atoms with van der Waals surface area (Å²) in [6.45, 7) is 4.68. The van der Waals surface area contributed by atoms with Crippen molar-refractivity contribution < 1.29 is 36.6 Å². The lowest BCUT2D eigenvalue weighted by Gasteiger charge is -2.26. The Morgan fingerprint density at radius 2 is 1.00 bits per heavy atom. The maximum absolute atomic E-state index is 14.6. The molecule has 0 saturated heterocycles. The van der Waals surface area contributed by atoms with Crippen LogP contribution in [0.2, 0.25) is 0 Å². The Hall–Kier alpha value is -3.68. The first-order chi connectivity index (χ1) is 16.3. The third-order valence-electron chi connectivity index (χ3n) is 5.91. The Morgan fingerprint density at radius 3 is 1.40 bits per heavy atom. The van der Waals surface area contributed by atoms with Gasteiger partial charge in [-0.25, -0.2) is 4.79 Å². The molecule has 0 fully saturated rings. The molecule has 0 aliphatic heterocycles. The van der Waals surface area contributed by atoms with Gasteiger partial charge in [0.1, 0.15) is 11.5 Å². The molecule has 0 saturated carbocycles. The summed E-state index contributed by atoms with van der Waals surface area (Å²) in [5.74, 6) is -10.6. The molecule has 0 aliphatic rings. The monoisotopic (exact) mass is 488 g/mol. The average molecular weight is 488 g/mol. The van der Waals surface area contributed by atoms with Crippen LogP contribution in [0.4, 0.5) is 17.6 Å². The highest BCUT2D eigenvalue weighted by atomic mass is 19.3. The highest BCUT2D eigenvalue weighted by Crippen LogP contribution is 2.36. The van der Waals surface area contributed by atoms with Gasteiger partial charge in [0.2, 0.25) is 5.78 Å². The van der Waals surface area contributed by atoms with Gasteiger partial charge in [-0.1, -0.05) is 62.4 Å². The maximum Gasteiger partial charge on any atom is 0.387 e. The van der Waals surface area contributed by atoms with Crippen LogP contribution in [-0.2, 0) is 26.8 Å². The molecule has 184 valence electrons. The van der Waals surface area contributed by atoms with Gasteiger partial charge in [0.05, 0.1) is 7.11 Å². The highest BCUT2D eigenvalue weighted by Gasteiger charge is 2.44. The predicted molar refractivity (Wildman–Crippen MR) is 122 cm³/mol. The van der Waals surface area contributed by atoms with Crippen molar-refractivity contribution in [2.24, 2.45) is 0 Å². The fraction of sp³-hybridized carbons (Fsp3) is 0.259. The van der Waals surface area contributed by atoms with E-state index in [0.29, 0.717) is 31.2 Å². The zero-order valence-corrected chi connectivity index (χ0v) is 19.6. The number of rotatable bonds is 8. The van der Waals surface area contributed by atoms with Crippen LogP contribution in [0, 0.1) is 0 Å². The van der Waals surface area contributed by atoms with Crippen LogP contribution in [0.15, 0.2) is 72.8 Å². The Bertz CT molecular complexity index is 1200. The van der Waals surface area contributed by atoms with E-state index in [1.165, 1.54) is 12.1 Å². The molecule has 8 heteroatoms. The number of carbonyl (C=O) groups is 2. The molecule has 0 bridgehead atoms. The van der Waals surface area contributed by atoms with Crippen LogP contribution in [0.1, 0.15) is 43.0 Å². The van der Waals surface area contributed by atoms with Gasteiger partial charge >= 0.3 is 17.8 Å². The topological polar surface area (TPSA) is 52.6 Å². The van der Waals surface area contributed by atoms with Gasteiger partial charge in [0.15, 0.2) is 0 Å². The van der Waals surface area contributed by atoms with Crippen molar-refractivity contribution in [3.05, 3.63) is 95.1 Å². The summed E-state index contributed by atoms with van der Waals surface area (Å²) < 4.78 is 66.9. The van der Waals surface area contributed by atoms with Gasteiger partial charge in [-0.2, -0.15) is 17.6 Å². The Morgan fingerprint density at radius 1 is 0.629 bits per heavy atom. The summed E-state index contributed by atoms with van der Waals surface area (Å²) in [6.07, 6.45) is 0. The van der Waals surface area contributed by atoms with Crippen molar-refractivity contribution >= 4 is 11.8 Å². The zero-order chi connectivity index (χ0) is 26.0. The molecule has 0 N–H and O–H groups in total. The molecule has 0 spiro atoms. The van der Waals surface area contributed by atoms with E-state index in [0.717, 1.165) is 16.9 Å². The quantitative estimate of drug-likeness (QED) is 0.209. The number of hydrogen-bond donors (Lipinski definition) is 0. The van der Waals surface area contributed by atoms with Crippen LogP contribution >= 0.6 is 0 Å². The molecule has 35 heavy (non-hydrogen) atoms. The van der Waals surface area contributed by atoms with Crippen molar-refractivity contribution in [3.63, 3.8) is 0 Å². The van der Waals surface area contributed by atoms with Crippen molar-refractivity contribution in [2.45, 2.75) is 38.0 Å². The number of ether oxygens (including phenoxy) is 2. The Balaban J connectivity index is 1.75. The number of Topliss-reactive ketones (excluding diaryl/α,β-unsaturated/α-hetero) is 1. The molecule has 0 aliphatic carbocycles. The van der Waals surface area contributed by atoms with Crippen molar-refractivity contribution in [1.29, 1.82) is 0 Å². The summed E-state index contributed by atoms with van der Waals surface area (Å²) in [5, 5.41) is 0. The number of halogens is 4. The van der Waals surface area contributed by atoms with Crippen LogP contribution in [-0.4, -0.2) is 18.9 Å². The molecule has 0 radical (unpaired) electrons. The van der Waals surface area contributed by atoms with Crippen LogP contribution in [0.3, 0.4) is 0 Å². The first kappa shape index (κ1) is 25.9. The second-order valence-corrected chi connectivity index (χ2v) is 8.55. The standard InChI is InChI=1S/C27H24F4O4/c1-17(32)26(28,29)20-5-7-21(8-6-20)27(30,31)24(33)35-23-15-11-19(12-16-23)25(2,3)18-9-13-22(34-4)14-10-18/h5-16H,1-4H3. The van der Waals surface area contributed by atoms with Gasteiger partial charge in [-0.3, -0.25) is 4.79 Å². The van der Waals surface area contributed by atoms with Crippen molar-refractivity contribution in [1.82, 2.24) is 0 Å². The predicted octanol–water partition coefficient (Wildman–Crippen LogP) is 6.40.